The monoisotopic (exact) mass is 216 g/mol. The van der Waals surface area contributed by atoms with Gasteiger partial charge in [0.25, 0.3) is 0 Å². The van der Waals surface area contributed by atoms with E-state index in [4.69, 9.17) is 10.3 Å². The van der Waals surface area contributed by atoms with Crippen LogP contribution in [0, 0.1) is 10.1 Å². The number of carbonyl (C=O) groups is 1. The Kier molecular flexibility index (Phi) is 2.85. The van der Waals surface area contributed by atoms with Crippen LogP contribution in [0.4, 0.5) is 10.6 Å². The molecule has 15 heavy (non-hydrogen) atoms. The van der Waals surface area contributed by atoms with Crippen molar-refractivity contribution in [3.63, 3.8) is 0 Å². The maximum atomic E-state index is 10.4. The van der Waals surface area contributed by atoms with E-state index in [0.717, 1.165) is 10.8 Å². The highest BCUT2D eigenvalue weighted by atomic mass is 16.6. The molecule has 1 amide bonds. The Labute approximate surface area is 83.3 Å². The molecule has 1 aromatic heterocycles. The molecule has 9 heteroatoms. The summed E-state index contributed by atoms with van der Waals surface area (Å²) in [4.78, 5) is 23.6. The molecule has 0 saturated heterocycles. The fourth-order valence-corrected chi connectivity index (χ4v) is 0.956. The average Bonchev–Trinajstić information content (AvgIpc) is 2.48. The molecule has 1 heterocycles. The van der Waals surface area contributed by atoms with Crippen molar-refractivity contribution in [3.05, 3.63) is 22.1 Å². The first-order valence-electron chi connectivity index (χ1n) is 3.77. The quantitative estimate of drug-likeness (QED) is 0.422. The first kappa shape index (κ1) is 10.9. The Morgan fingerprint density at radius 2 is 2.40 bits per heavy atom. The number of nitrogens with zero attached hydrogens (tertiary/aromatic N) is 4. The first-order valence-corrected chi connectivity index (χ1v) is 3.77. The van der Waals surface area contributed by atoms with E-state index in [1.807, 2.05) is 0 Å². The van der Waals surface area contributed by atoms with Crippen molar-refractivity contribution in [2.45, 2.75) is 6.54 Å². The van der Waals surface area contributed by atoms with Crippen LogP contribution in [0.15, 0.2) is 6.20 Å². The lowest BCUT2D eigenvalue weighted by atomic mass is 10.6. The molecular formula is C6H8N4O5. The fourth-order valence-electron chi connectivity index (χ4n) is 0.956. The van der Waals surface area contributed by atoms with Crippen molar-refractivity contribution >= 4 is 11.9 Å². The summed E-state index contributed by atoms with van der Waals surface area (Å²) in [5, 5.41) is 27.6. The third kappa shape index (κ3) is 2.20. The number of rotatable bonds is 3. The summed E-state index contributed by atoms with van der Waals surface area (Å²) in [7, 11) is 1.36. The molecule has 0 spiro atoms. The molecule has 0 aliphatic carbocycles. The summed E-state index contributed by atoms with van der Waals surface area (Å²) in [5.74, 6) is -0.199. The highest BCUT2D eigenvalue weighted by Gasteiger charge is 2.20. The highest BCUT2D eigenvalue weighted by Crippen LogP contribution is 2.12. The van der Waals surface area contributed by atoms with Crippen molar-refractivity contribution in [2.24, 2.45) is 7.05 Å². The van der Waals surface area contributed by atoms with Crippen LogP contribution in [-0.2, 0) is 13.6 Å². The number of aromatic nitrogens is 2. The van der Waals surface area contributed by atoms with E-state index < -0.39 is 17.6 Å². The zero-order chi connectivity index (χ0) is 11.6. The second-order valence-electron chi connectivity index (χ2n) is 2.69. The van der Waals surface area contributed by atoms with Gasteiger partial charge < -0.3 is 15.2 Å². The molecule has 0 bridgehead atoms. The van der Waals surface area contributed by atoms with Crippen molar-refractivity contribution in [1.82, 2.24) is 14.6 Å². The van der Waals surface area contributed by atoms with Crippen molar-refractivity contribution in [3.8, 4) is 0 Å². The third-order valence-corrected chi connectivity index (χ3v) is 1.76. The predicted molar refractivity (Wildman–Crippen MR) is 45.2 cm³/mol. The van der Waals surface area contributed by atoms with Crippen LogP contribution in [0.3, 0.4) is 0 Å². The van der Waals surface area contributed by atoms with Gasteiger partial charge in [-0.2, -0.15) is 5.06 Å². The topological polar surface area (TPSA) is 122 Å². The van der Waals surface area contributed by atoms with Gasteiger partial charge in [-0.1, -0.05) is 0 Å². The lowest BCUT2D eigenvalue weighted by Gasteiger charge is -2.07. The van der Waals surface area contributed by atoms with E-state index >= 15 is 0 Å². The summed E-state index contributed by atoms with van der Waals surface area (Å²) in [6.45, 7) is -0.431. The third-order valence-electron chi connectivity index (χ3n) is 1.76. The van der Waals surface area contributed by atoms with Gasteiger partial charge in [-0.3, -0.25) is 5.21 Å². The second-order valence-corrected chi connectivity index (χ2v) is 2.69. The minimum atomic E-state index is -1.55. The van der Waals surface area contributed by atoms with Gasteiger partial charge in [0.2, 0.25) is 5.82 Å². The molecule has 9 nitrogen and oxygen atoms in total. The normalized spacial score (nSPS) is 10.0. The predicted octanol–water partition coefficient (Wildman–Crippen LogP) is 0.197. The minimum absolute atomic E-state index is 0.00788. The van der Waals surface area contributed by atoms with Gasteiger partial charge in [0, 0.05) is 0 Å². The van der Waals surface area contributed by atoms with Gasteiger partial charge >= 0.3 is 11.9 Å². The molecule has 82 valence electrons. The SMILES string of the molecule is Cn1c([N+](=O)[O-])cnc1CN(O)C(=O)O. The summed E-state index contributed by atoms with van der Waals surface area (Å²) >= 11 is 0. The van der Waals surface area contributed by atoms with Gasteiger partial charge in [-0.15, -0.1) is 0 Å². The smallest absolute Gasteiger partial charge is 0.431 e. The summed E-state index contributed by atoms with van der Waals surface area (Å²) in [6, 6.07) is 0. The minimum Gasteiger partial charge on any atom is -0.463 e. The van der Waals surface area contributed by atoms with Gasteiger partial charge in [0.05, 0.1) is 7.05 Å². The Morgan fingerprint density at radius 3 is 2.80 bits per heavy atom. The van der Waals surface area contributed by atoms with Gasteiger partial charge in [0.15, 0.2) is 0 Å². The number of hydrogen-bond donors (Lipinski definition) is 2. The van der Waals surface area contributed by atoms with Gasteiger partial charge in [-0.05, 0) is 4.92 Å². The molecule has 2 N–H and O–H groups in total. The van der Waals surface area contributed by atoms with Crippen LogP contribution in [0.2, 0.25) is 0 Å². The lowest BCUT2D eigenvalue weighted by molar-refractivity contribution is -0.391. The summed E-state index contributed by atoms with van der Waals surface area (Å²) in [5.41, 5.74) is 0. The molecule has 0 saturated carbocycles. The Bertz CT molecular complexity index is 400. The van der Waals surface area contributed by atoms with Crippen molar-refractivity contribution in [1.29, 1.82) is 0 Å². The fraction of sp³-hybridized carbons (Fsp3) is 0.333. The summed E-state index contributed by atoms with van der Waals surface area (Å²) in [6.07, 6.45) is -0.564. The zero-order valence-corrected chi connectivity index (χ0v) is 7.69. The Balaban J connectivity index is 2.88. The van der Waals surface area contributed by atoms with Crippen LogP contribution < -0.4 is 0 Å². The number of amides is 1. The second kappa shape index (κ2) is 3.92. The maximum absolute atomic E-state index is 10.4. The summed E-state index contributed by atoms with van der Waals surface area (Å²) < 4.78 is 1.09. The molecule has 0 aliphatic heterocycles. The molecule has 0 aromatic carbocycles. The van der Waals surface area contributed by atoms with Gasteiger partial charge in [0.1, 0.15) is 12.7 Å². The molecule has 1 aromatic rings. The van der Waals surface area contributed by atoms with Crippen LogP contribution in [0.25, 0.3) is 0 Å². The van der Waals surface area contributed by atoms with E-state index in [-0.39, 0.29) is 16.7 Å². The zero-order valence-electron chi connectivity index (χ0n) is 7.69. The van der Waals surface area contributed by atoms with E-state index in [2.05, 4.69) is 4.98 Å². The number of hydrogen-bond acceptors (Lipinski definition) is 5. The van der Waals surface area contributed by atoms with E-state index in [1.165, 1.54) is 7.05 Å². The number of imidazole rings is 1. The average molecular weight is 216 g/mol. The van der Waals surface area contributed by atoms with E-state index in [0.29, 0.717) is 0 Å². The van der Waals surface area contributed by atoms with Crippen molar-refractivity contribution in [2.75, 3.05) is 0 Å². The molecule has 1 rings (SSSR count). The van der Waals surface area contributed by atoms with Crippen LogP contribution in [0.5, 0.6) is 0 Å². The van der Waals surface area contributed by atoms with Gasteiger partial charge in [-0.25, -0.2) is 14.3 Å². The molecule has 0 aliphatic rings. The van der Waals surface area contributed by atoms with Crippen LogP contribution >= 0.6 is 0 Å². The largest absolute Gasteiger partial charge is 0.463 e. The Morgan fingerprint density at radius 1 is 1.80 bits per heavy atom. The van der Waals surface area contributed by atoms with E-state index in [9.17, 15) is 14.9 Å². The number of carboxylic acid groups (broad SMARTS) is 1. The van der Waals surface area contributed by atoms with Crippen molar-refractivity contribution < 1.29 is 20.0 Å². The first-order chi connectivity index (χ1) is 6.93. The van der Waals surface area contributed by atoms with E-state index in [1.54, 1.807) is 0 Å². The highest BCUT2D eigenvalue weighted by molar-refractivity contribution is 5.63. The molecule has 0 atom stereocenters. The molecule has 0 fully saturated rings. The Hall–Kier alpha value is -2.16. The molecule has 0 radical (unpaired) electrons. The maximum Gasteiger partial charge on any atom is 0.431 e. The lowest BCUT2D eigenvalue weighted by Crippen LogP contribution is -2.26. The standard InChI is InChI=1S/C6H8N4O5/c1-8-4(3-9(13)6(11)12)7-2-5(8)10(14)15/h2,13H,3H2,1H3,(H,11,12). The molecule has 0 unspecified atom stereocenters. The number of nitro groups is 1. The number of hydroxylamine groups is 2. The molecular weight excluding hydrogens is 208 g/mol. The van der Waals surface area contributed by atoms with Crippen LogP contribution in [-0.4, -0.2) is 35.9 Å². The van der Waals surface area contributed by atoms with Crippen LogP contribution in [0.1, 0.15) is 5.82 Å².